The van der Waals surface area contributed by atoms with Crippen molar-refractivity contribution in [2.24, 2.45) is 0 Å². The number of nitrogens with zero attached hydrogens (tertiary/aromatic N) is 3. The van der Waals surface area contributed by atoms with Crippen LogP contribution in [-0.4, -0.2) is 21.7 Å². The fraction of sp³-hybridized carbons (Fsp3) is 0.300. The van der Waals surface area contributed by atoms with E-state index < -0.39 is 6.17 Å². The number of rotatable bonds is 5. The van der Waals surface area contributed by atoms with Crippen molar-refractivity contribution in [1.29, 1.82) is 0 Å². The van der Waals surface area contributed by atoms with E-state index in [4.69, 9.17) is 5.10 Å². The molecule has 1 amide bonds. The number of halogens is 1. The van der Waals surface area contributed by atoms with Crippen LogP contribution in [0, 0.1) is 0 Å². The van der Waals surface area contributed by atoms with Crippen molar-refractivity contribution in [2.75, 3.05) is 10.7 Å². The summed E-state index contributed by atoms with van der Waals surface area (Å²) in [6, 6.07) is 11.4. The van der Waals surface area contributed by atoms with E-state index >= 15 is 0 Å². The number of thioether (sulfide) groups is 1. The van der Waals surface area contributed by atoms with E-state index in [1.165, 1.54) is 23.1 Å². The summed E-state index contributed by atoms with van der Waals surface area (Å²) in [6.45, 7) is 3.67. The van der Waals surface area contributed by atoms with Gasteiger partial charge in [-0.15, -0.1) is 11.3 Å². The molecule has 1 atom stereocenters. The van der Waals surface area contributed by atoms with Gasteiger partial charge in [-0.05, 0) is 51.3 Å². The van der Waals surface area contributed by atoms with Crippen LogP contribution >= 0.6 is 39.0 Å². The highest BCUT2D eigenvalue weighted by atomic mass is 79.9. The molecule has 29 heavy (non-hydrogen) atoms. The molecule has 9 heteroatoms. The van der Waals surface area contributed by atoms with Gasteiger partial charge in [0.25, 0.3) is 0 Å². The molecule has 0 unspecified atom stereocenters. The zero-order valence-electron chi connectivity index (χ0n) is 16.0. The van der Waals surface area contributed by atoms with E-state index in [-0.39, 0.29) is 11.5 Å². The number of anilines is 1. The first-order valence-electron chi connectivity index (χ1n) is 9.34. The SMILES string of the molecule is CCCCSc1n[n+]2c(c(=O)[nH]1)-c1ccccc1N(C(C)=O)[C@@H]2c1ccc(Br)s1. The second-order valence-corrected chi connectivity index (χ2v) is 10.3. The Bertz CT molecular complexity index is 1130. The van der Waals surface area contributed by atoms with Crippen molar-refractivity contribution in [3.8, 4) is 11.3 Å². The Morgan fingerprint density at radius 2 is 2.14 bits per heavy atom. The molecular weight excluding hydrogens is 472 g/mol. The van der Waals surface area contributed by atoms with Gasteiger partial charge in [-0.2, -0.15) is 0 Å². The van der Waals surface area contributed by atoms with Crippen LogP contribution in [0.5, 0.6) is 0 Å². The number of nitrogens with one attached hydrogen (secondary N) is 1. The predicted molar refractivity (Wildman–Crippen MR) is 119 cm³/mol. The smallest absolute Gasteiger partial charge is 0.291 e. The van der Waals surface area contributed by atoms with Crippen molar-refractivity contribution >= 4 is 50.6 Å². The lowest BCUT2D eigenvalue weighted by Gasteiger charge is -2.30. The topological polar surface area (TPSA) is 69.9 Å². The maximum atomic E-state index is 13.1. The number of carbonyl (C=O) groups is 1. The van der Waals surface area contributed by atoms with Gasteiger partial charge in [-0.1, -0.05) is 37.2 Å². The van der Waals surface area contributed by atoms with Crippen LogP contribution in [0.1, 0.15) is 37.7 Å². The monoisotopic (exact) mass is 491 g/mol. The minimum Gasteiger partial charge on any atom is -0.291 e. The highest BCUT2D eigenvalue weighted by Gasteiger charge is 2.45. The average Bonchev–Trinajstić information content (AvgIpc) is 3.12. The molecule has 150 valence electrons. The molecule has 1 aromatic carbocycles. The highest BCUT2D eigenvalue weighted by molar-refractivity contribution is 9.11. The number of benzene rings is 1. The normalized spacial score (nSPS) is 15.1. The minimum atomic E-state index is -0.512. The Morgan fingerprint density at radius 1 is 1.34 bits per heavy atom. The van der Waals surface area contributed by atoms with E-state index in [2.05, 4.69) is 27.8 Å². The van der Waals surface area contributed by atoms with Crippen molar-refractivity contribution in [3.63, 3.8) is 0 Å². The summed E-state index contributed by atoms with van der Waals surface area (Å²) < 4.78 is 2.66. The molecule has 0 radical (unpaired) electrons. The molecule has 4 rings (SSSR count). The van der Waals surface area contributed by atoms with E-state index in [0.717, 1.165) is 27.3 Å². The van der Waals surface area contributed by atoms with Gasteiger partial charge in [0, 0.05) is 17.8 Å². The molecule has 3 aromatic rings. The average molecular weight is 492 g/mol. The van der Waals surface area contributed by atoms with Crippen LogP contribution in [0.4, 0.5) is 5.69 Å². The molecule has 0 spiro atoms. The molecule has 2 aromatic heterocycles. The molecule has 1 aliphatic rings. The number of fused-ring (bicyclic) bond motifs is 3. The van der Waals surface area contributed by atoms with Crippen LogP contribution in [0.15, 0.2) is 50.1 Å². The van der Waals surface area contributed by atoms with E-state index in [1.807, 2.05) is 36.4 Å². The first-order valence-corrected chi connectivity index (χ1v) is 11.9. The lowest BCUT2D eigenvalue weighted by molar-refractivity contribution is -0.762. The van der Waals surface area contributed by atoms with E-state index in [9.17, 15) is 9.59 Å². The maximum Gasteiger partial charge on any atom is 0.325 e. The van der Waals surface area contributed by atoms with Crippen molar-refractivity contribution in [2.45, 2.75) is 38.0 Å². The van der Waals surface area contributed by atoms with Gasteiger partial charge in [-0.3, -0.25) is 14.6 Å². The zero-order chi connectivity index (χ0) is 20.5. The number of aromatic nitrogens is 3. The molecule has 0 saturated carbocycles. The van der Waals surface area contributed by atoms with Crippen LogP contribution in [0.3, 0.4) is 0 Å². The van der Waals surface area contributed by atoms with E-state index in [1.54, 1.807) is 16.5 Å². The summed E-state index contributed by atoms with van der Waals surface area (Å²) >= 11 is 6.57. The molecular formula is C20H20BrN4O2S2+. The number of aromatic amines is 1. The van der Waals surface area contributed by atoms with Crippen molar-refractivity contribution in [3.05, 3.63) is 55.4 Å². The lowest BCUT2D eigenvalue weighted by atomic mass is 10.0. The van der Waals surface area contributed by atoms with Gasteiger partial charge in [0.05, 0.1) is 19.9 Å². The van der Waals surface area contributed by atoms with Crippen LogP contribution in [0.25, 0.3) is 11.3 Å². The Hall–Kier alpha value is -1.97. The van der Waals surface area contributed by atoms with Gasteiger partial charge in [0.15, 0.2) is 0 Å². The Morgan fingerprint density at radius 3 is 2.83 bits per heavy atom. The van der Waals surface area contributed by atoms with E-state index in [0.29, 0.717) is 22.1 Å². The zero-order valence-corrected chi connectivity index (χ0v) is 19.2. The number of H-pyrrole nitrogens is 1. The third-order valence-corrected chi connectivity index (χ3v) is 7.30. The third kappa shape index (κ3) is 3.78. The summed E-state index contributed by atoms with van der Waals surface area (Å²) in [6.07, 6.45) is 1.61. The summed E-state index contributed by atoms with van der Waals surface area (Å²) in [5, 5.41) is 5.33. The predicted octanol–water partition coefficient (Wildman–Crippen LogP) is 4.35. The Kier molecular flexibility index (Phi) is 5.89. The number of hydrogen-bond acceptors (Lipinski definition) is 5. The molecule has 0 fully saturated rings. The molecule has 0 aliphatic carbocycles. The molecule has 6 nitrogen and oxygen atoms in total. The molecule has 1 aliphatic heterocycles. The summed E-state index contributed by atoms with van der Waals surface area (Å²) in [5.74, 6) is 0.772. The van der Waals surface area contributed by atoms with Crippen LogP contribution < -0.4 is 15.1 Å². The third-order valence-electron chi connectivity index (χ3n) is 4.68. The van der Waals surface area contributed by atoms with Gasteiger partial charge >= 0.3 is 17.4 Å². The molecule has 0 saturated heterocycles. The molecule has 3 heterocycles. The highest BCUT2D eigenvalue weighted by Crippen LogP contribution is 2.39. The number of thiophene rings is 1. The van der Waals surface area contributed by atoms with Crippen molar-refractivity contribution in [1.82, 2.24) is 10.1 Å². The van der Waals surface area contributed by atoms with Crippen molar-refractivity contribution < 1.29 is 9.48 Å². The van der Waals surface area contributed by atoms with Crippen LogP contribution in [-0.2, 0) is 4.79 Å². The number of carbonyl (C=O) groups excluding carboxylic acids is 1. The van der Waals surface area contributed by atoms with Crippen LogP contribution in [0.2, 0.25) is 0 Å². The Labute approximate surface area is 185 Å². The summed E-state index contributed by atoms with van der Waals surface area (Å²) in [4.78, 5) is 31.4. The van der Waals surface area contributed by atoms with Gasteiger partial charge in [-0.25, -0.2) is 4.90 Å². The lowest BCUT2D eigenvalue weighted by Crippen LogP contribution is -2.60. The minimum absolute atomic E-state index is 0.104. The standard InChI is InChI=1S/C20H19BrN4O2S2/c1-3-4-11-28-20-22-18(27)17-13-7-5-6-8-14(13)24(12(2)26)19(25(17)23-20)15-9-10-16(21)29-15/h5-10,19H,3-4,11H2,1-2H3/p+1/t19-/m0/s1. The fourth-order valence-corrected chi connectivity index (χ4v) is 5.85. The fourth-order valence-electron chi connectivity index (χ4n) is 3.42. The van der Waals surface area contributed by atoms with Gasteiger partial charge in [0.2, 0.25) is 11.1 Å². The second-order valence-electron chi connectivity index (χ2n) is 6.68. The molecule has 0 bridgehead atoms. The number of para-hydroxylation sites is 1. The number of hydrogen-bond donors (Lipinski definition) is 1. The number of unbranched alkanes of at least 4 members (excludes halogenated alkanes) is 1. The second kappa shape index (κ2) is 8.41. The first-order chi connectivity index (χ1) is 14.0. The summed E-state index contributed by atoms with van der Waals surface area (Å²) in [5.41, 5.74) is 1.68. The first kappa shape index (κ1) is 20.3. The Balaban J connectivity index is 1.96. The molecule has 1 N–H and O–H groups in total. The largest absolute Gasteiger partial charge is 0.325 e. The van der Waals surface area contributed by atoms with Gasteiger partial charge in [0.1, 0.15) is 0 Å². The quantitative estimate of drug-likeness (QED) is 0.327. The number of amides is 1. The summed E-state index contributed by atoms with van der Waals surface area (Å²) in [7, 11) is 0. The maximum absolute atomic E-state index is 13.1. The van der Waals surface area contributed by atoms with Gasteiger partial charge < -0.3 is 0 Å².